The first-order valence-electron chi connectivity index (χ1n) is 19.6. The number of carbonyl (C=O) groups is 3. The van der Waals surface area contributed by atoms with Crippen molar-refractivity contribution < 1.29 is 29.1 Å². The molecule has 0 spiro atoms. The summed E-state index contributed by atoms with van der Waals surface area (Å²) in [5, 5.41) is 24.9. The smallest absolute Gasteiger partial charge is 0.267 e. The summed E-state index contributed by atoms with van der Waals surface area (Å²) >= 11 is 0. The Balaban J connectivity index is 4.53. The van der Waals surface area contributed by atoms with E-state index >= 15 is 0 Å². The molecule has 7 nitrogen and oxygen atoms in total. The molecule has 0 aliphatic heterocycles. The lowest BCUT2D eigenvalue weighted by Gasteiger charge is -2.31. The van der Waals surface area contributed by atoms with Crippen molar-refractivity contribution in [3.8, 4) is 0 Å². The summed E-state index contributed by atoms with van der Waals surface area (Å²) in [6.07, 6.45) is 28.4. The molecule has 0 saturated carbocycles. The molecule has 2 unspecified atom stereocenters. The summed E-state index contributed by atoms with van der Waals surface area (Å²) in [5.74, 6) is -2.38. The highest BCUT2D eigenvalue weighted by Crippen LogP contribution is 2.22. The SMILES string of the molecule is CCCCCCCCCCCCCCCC(=O)C(O)C(O)(C(=O)CCCCCCCCCCCCCCC)C(=O)NC[N+](C)(C)C. The second kappa shape index (κ2) is 28.7. The van der Waals surface area contributed by atoms with E-state index in [4.69, 9.17) is 0 Å². The number of amides is 1. The molecule has 3 N–H and O–H groups in total. The number of rotatable bonds is 34. The van der Waals surface area contributed by atoms with E-state index in [9.17, 15) is 24.6 Å². The van der Waals surface area contributed by atoms with Crippen LogP contribution in [0, 0.1) is 0 Å². The van der Waals surface area contributed by atoms with Crippen LogP contribution < -0.4 is 5.32 Å². The monoisotopic (exact) mass is 654 g/mol. The molecule has 7 heteroatoms. The van der Waals surface area contributed by atoms with Crippen LogP contribution in [0.2, 0.25) is 0 Å². The van der Waals surface area contributed by atoms with E-state index in [-0.39, 0.29) is 19.5 Å². The molecule has 0 aromatic carbocycles. The largest absolute Gasteiger partial charge is 0.381 e. The van der Waals surface area contributed by atoms with Gasteiger partial charge in [-0.05, 0) is 12.8 Å². The lowest BCUT2D eigenvalue weighted by molar-refractivity contribution is -0.872. The van der Waals surface area contributed by atoms with Crippen molar-refractivity contribution in [3.63, 3.8) is 0 Å². The van der Waals surface area contributed by atoms with Gasteiger partial charge in [0, 0.05) is 12.8 Å². The molecule has 0 saturated heterocycles. The first-order chi connectivity index (χ1) is 22.0. The molecule has 0 bridgehead atoms. The fraction of sp³-hybridized carbons (Fsp3) is 0.923. The van der Waals surface area contributed by atoms with Gasteiger partial charge in [0.05, 0.1) is 21.1 Å². The predicted octanol–water partition coefficient (Wildman–Crippen LogP) is 8.96. The van der Waals surface area contributed by atoms with Gasteiger partial charge >= 0.3 is 0 Å². The van der Waals surface area contributed by atoms with Gasteiger partial charge in [-0.15, -0.1) is 0 Å². The summed E-state index contributed by atoms with van der Waals surface area (Å²) < 4.78 is 0.373. The molecular formula is C39H77N2O5+. The van der Waals surface area contributed by atoms with E-state index in [2.05, 4.69) is 19.2 Å². The van der Waals surface area contributed by atoms with Gasteiger partial charge in [0.2, 0.25) is 5.60 Å². The summed E-state index contributed by atoms with van der Waals surface area (Å²) in [7, 11) is 5.60. The number of quaternary nitrogens is 1. The first kappa shape index (κ1) is 44.7. The lowest BCUT2D eigenvalue weighted by atomic mass is 9.84. The normalized spacial score (nSPS) is 13.8. The maximum absolute atomic E-state index is 13.2. The average molecular weight is 654 g/mol. The third kappa shape index (κ3) is 23.1. The molecule has 0 aliphatic rings. The molecule has 0 aromatic rings. The number of ketones is 2. The maximum atomic E-state index is 13.2. The highest BCUT2D eigenvalue weighted by atomic mass is 16.4. The molecule has 0 rings (SSSR count). The van der Waals surface area contributed by atoms with E-state index in [1.54, 1.807) is 0 Å². The first-order valence-corrected chi connectivity index (χ1v) is 19.6. The van der Waals surface area contributed by atoms with Crippen LogP contribution in [0.3, 0.4) is 0 Å². The fourth-order valence-corrected chi connectivity index (χ4v) is 6.03. The van der Waals surface area contributed by atoms with Gasteiger partial charge in [-0.2, -0.15) is 0 Å². The molecular weight excluding hydrogens is 576 g/mol. The predicted molar refractivity (Wildman–Crippen MR) is 193 cm³/mol. The van der Waals surface area contributed by atoms with Crippen LogP contribution in [-0.4, -0.2) is 71.7 Å². The van der Waals surface area contributed by atoms with Crippen molar-refractivity contribution in [2.24, 2.45) is 0 Å². The standard InChI is InChI=1S/C39H76N2O5/c1-6-8-10-12-14-16-18-20-22-24-26-28-30-32-35(42)37(44)39(46,38(45)40-34-41(3,4)5)36(43)33-31-29-27-25-23-21-19-17-15-13-11-9-7-2/h37,44,46H,6-34H2,1-5H3/p+1. The minimum Gasteiger partial charge on any atom is -0.381 e. The minimum absolute atomic E-state index is 0.0326. The van der Waals surface area contributed by atoms with Crippen LogP contribution in [0.1, 0.15) is 194 Å². The molecule has 2 atom stereocenters. The zero-order valence-corrected chi connectivity index (χ0v) is 31.1. The van der Waals surface area contributed by atoms with E-state index in [1.807, 2.05) is 21.1 Å². The maximum Gasteiger partial charge on any atom is 0.267 e. The Morgan fingerprint density at radius 2 is 0.848 bits per heavy atom. The lowest BCUT2D eigenvalue weighted by Crippen LogP contribution is -2.64. The quantitative estimate of drug-likeness (QED) is 0.0278. The minimum atomic E-state index is -2.75. The van der Waals surface area contributed by atoms with E-state index in [1.165, 1.54) is 116 Å². The fourth-order valence-electron chi connectivity index (χ4n) is 6.03. The Hall–Kier alpha value is -1.31. The van der Waals surface area contributed by atoms with Gasteiger partial charge in [-0.25, -0.2) is 0 Å². The number of hydrogen-bond donors (Lipinski definition) is 3. The Kier molecular flexibility index (Phi) is 27.9. The van der Waals surface area contributed by atoms with Crippen LogP contribution >= 0.6 is 0 Å². The molecule has 0 aromatic heterocycles. The topological polar surface area (TPSA) is 104 Å². The number of Topliss-reactive ketones (excluding diaryl/α,β-unsaturated/α-hetero) is 2. The van der Waals surface area contributed by atoms with E-state index < -0.39 is 29.2 Å². The highest BCUT2D eigenvalue weighted by molar-refractivity contribution is 6.13. The van der Waals surface area contributed by atoms with Crippen LogP contribution in [0.15, 0.2) is 0 Å². The Labute approximate surface area is 284 Å². The van der Waals surface area contributed by atoms with Gasteiger partial charge in [-0.1, -0.05) is 168 Å². The van der Waals surface area contributed by atoms with E-state index in [0.29, 0.717) is 17.3 Å². The van der Waals surface area contributed by atoms with Crippen molar-refractivity contribution in [2.75, 3.05) is 27.8 Å². The van der Waals surface area contributed by atoms with Crippen molar-refractivity contribution in [3.05, 3.63) is 0 Å². The van der Waals surface area contributed by atoms with Crippen molar-refractivity contribution in [1.82, 2.24) is 5.32 Å². The zero-order chi connectivity index (χ0) is 34.5. The summed E-state index contributed by atoms with van der Waals surface area (Å²) in [6.45, 7) is 4.65. The van der Waals surface area contributed by atoms with Gasteiger partial charge < -0.3 is 20.0 Å². The number of unbranched alkanes of at least 4 members (excludes halogenated alkanes) is 24. The molecule has 0 aliphatic carbocycles. The molecule has 0 radical (unpaired) electrons. The number of aliphatic hydroxyl groups excluding tert-OH is 1. The van der Waals surface area contributed by atoms with Crippen LogP contribution in [0.25, 0.3) is 0 Å². The van der Waals surface area contributed by atoms with Gasteiger partial charge in [0.1, 0.15) is 0 Å². The number of nitrogens with one attached hydrogen (secondary N) is 1. The number of aliphatic hydroxyl groups is 2. The molecule has 0 fully saturated rings. The van der Waals surface area contributed by atoms with Crippen molar-refractivity contribution >= 4 is 17.5 Å². The molecule has 46 heavy (non-hydrogen) atoms. The third-order valence-electron chi connectivity index (χ3n) is 9.22. The summed E-state index contributed by atoms with van der Waals surface area (Å²) in [5.41, 5.74) is -2.75. The van der Waals surface area contributed by atoms with Crippen LogP contribution in [0.4, 0.5) is 0 Å². The van der Waals surface area contributed by atoms with Gasteiger partial charge in [0.25, 0.3) is 5.91 Å². The Bertz CT molecular complexity index is 766. The van der Waals surface area contributed by atoms with Crippen molar-refractivity contribution in [1.29, 1.82) is 0 Å². The second-order valence-electron chi connectivity index (χ2n) is 15.0. The van der Waals surface area contributed by atoms with Crippen molar-refractivity contribution in [2.45, 2.75) is 205 Å². The Morgan fingerprint density at radius 1 is 0.543 bits per heavy atom. The van der Waals surface area contributed by atoms with Gasteiger partial charge in [-0.3, -0.25) is 14.4 Å². The van der Waals surface area contributed by atoms with Crippen LogP contribution in [0.5, 0.6) is 0 Å². The highest BCUT2D eigenvalue weighted by Gasteiger charge is 2.52. The number of nitrogens with zero attached hydrogens (tertiary/aromatic N) is 1. The third-order valence-corrected chi connectivity index (χ3v) is 9.22. The molecule has 272 valence electrons. The summed E-state index contributed by atoms with van der Waals surface area (Å²) in [4.78, 5) is 39.3. The van der Waals surface area contributed by atoms with E-state index in [0.717, 1.165) is 38.5 Å². The number of carbonyl (C=O) groups excluding carboxylic acids is 3. The molecule has 1 amide bonds. The zero-order valence-electron chi connectivity index (χ0n) is 31.1. The molecule has 0 heterocycles. The Morgan fingerprint density at radius 3 is 1.17 bits per heavy atom. The van der Waals surface area contributed by atoms with Crippen LogP contribution in [-0.2, 0) is 14.4 Å². The summed E-state index contributed by atoms with van der Waals surface area (Å²) in [6, 6.07) is 0. The number of hydrogen-bond acceptors (Lipinski definition) is 5. The average Bonchev–Trinajstić information content (AvgIpc) is 3.02. The second-order valence-corrected chi connectivity index (χ2v) is 15.0. The van der Waals surface area contributed by atoms with Gasteiger partial charge in [0.15, 0.2) is 24.3 Å².